The number of carbonyl (C=O) groups is 1. The van der Waals surface area contributed by atoms with Gasteiger partial charge in [0, 0.05) is 44.8 Å². The van der Waals surface area contributed by atoms with Crippen molar-refractivity contribution in [1.29, 1.82) is 0 Å². The van der Waals surface area contributed by atoms with Crippen molar-refractivity contribution in [3.8, 4) is 5.75 Å². The summed E-state index contributed by atoms with van der Waals surface area (Å²) in [4.78, 5) is 17.1. The van der Waals surface area contributed by atoms with E-state index in [0.29, 0.717) is 19.4 Å². The van der Waals surface area contributed by atoms with Gasteiger partial charge in [0.1, 0.15) is 5.75 Å². The molecule has 1 fully saturated rings. The van der Waals surface area contributed by atoms with Crippen LogP contribution >= 0.6 is 0 Å². The molecule has 0 atom stereocenters. The predicted molar refractivity (Wildman–Crippen MR) is 118 cm³/mol. The number of amides is 1. The average Bonchev–Trinajstić information content (AvgIpc) is 2.70. The first-order valence-corrected chi connectivity index (χ1v) is 10.5. The number of ether oxygens (including phenoxy) is 1. The molecule has 2 aromatic rings. The van der Waals surface area contributed by atoms with E-state index in [1.807, 2.05) is 44.2 Å². The summed E-state index contributed by atoms with van der Waals surface area (Å²) in [7, 11) is 2.17. The average molecular weight is 396 g/mol. The monoisotopic (exact) mass is 395 g/mol. The molecule has 1 amide bonds. The minimum absolute atomic E-state index is 0.0296. The van der Waals surface area contributed by atoms with Gasteiger partial charge in [0.2, 0.25) is 5.91 Å². The van der Waals surface area contributed by atoms with Gasteiger partial charge in [0.25, 0.3) is 0 Å². The molecule has 0 aliphatic carbocycles. The fourth-order valence-corrected chi connectivity index (χ4v) is 3.61. The lowest BCUT2D eigenvalue weighted by Gasteiger charge is -2.32. The largest absolute Gasteiger partial charge is 0.493 e. The van der Waals surface area contributed by atoms with Crippen molar-refractivity contribution >= 4 is 11.6 Å². The highest BCUT2D eigenvalue weighted by atomic mass is 16.5. The van der Waals surface area contributed by atoms with Crippen LogP contribution in [0.5, 0.6) is 5.75 Å². The Bertz CT molecular complexity index is 776. The summed E-state index contributed by atoms with van der Waals surface area (Å²) in [5.74, 6) is 0.964. The van der Waals surface area contributed by atoms with Crippen molar-refractivity contribution in [2.24, 2.45) is 0 Å². The second-order valence-corrected chi connectivity index (χ2v) is 8.00. The van der Waals surface area contributed by atoms with E-state index in [4.69, 9.17) is 4.74 Å². The maximum absolute atomic E-state index is 12.2. The molecular weight excluding hydrogens is 362 g/mol. The van der Waals surface area contributed by atoms with Crippen molar-refractivity contribution < 1.29 is 9.53 Å². The molecule has 0 unspecified atom stereocenters. The highest BCUT2D eigenvalue weighted by molar-refractivity contribution is 5.90. The molecule has 1 N–H and O–H groups in total. The van der Waals surface area contributed by atoms with Gasteiger partial charge in [0.05, 0.1) is 6.61 Å². The third kappa shape index (κ3) is 6.58. The van der Waals surface area contributed by atoms with E-state index < -0.39 is 0 Å². The zero-order valence-corrected chi connectivity index (χ0v) is 17.9. The normalized spacial score (nSPS) is 15.3. The Morgan fingerprint density at radius 1 is 1.00 bits per heavy atom. The first kappa shape index (κ1) is 21.3. The van der Waals surface area contributed by atoms with Crippen molar-refractivity contribution in [2.45, 2.75) is 33.2 Å². The lowest BCUT2D eigenvalue weighted by atomic mass is 10.1. The zero-order valence-electron chi connectivity index (χ0n) is 17.9. The molecule has 0 radical (unpaired) electrons. The SMILES string of the molecule is Cc1cccc(C)c1OCCCC(=O)Nc1ccc(CN2CCN(C)CC2)cc1. The Balaban J connectivity index is 1.38. The zero-order chi connectivity index (χ0) is 20.6. The number of para-hydroxylation sites is 1. The molecule has 1 saturated heterocycles. The van der Waals surface area contributed by atoms with Crippen LogP contribution in [0.1, 0.15) is 29.5 Å². The highest BCUT2D eigenvalue weighted by Crippen LogP contribution is 2.22. The van der Waals surface area contributed by atoms with E-state index in [1.165, 1.54) is 5.56 Å². The van der Waals surface area contributed by atoms with Crippen LogP contribution in [0.3, 0.4) is 0 Å². The molecule has 1 heterocycles. The number of likely N-dealkylation sites (N-methyl/N-ethyl adjacent to an activating group) is 1. The number of hydrogen-bond donors (Lipinski definition) is 1. The van der Waals surface area contributed by atoms with Crippen molar-refractivity contribution in [3.63, 3.8) is 0 Å². The summed E-state index contributed by atoms with van der Waals surface area (Å²) < 4.78 is 5.88. The summed E-state index contributed by atoms with van der Waals surface area (Å²) in [6, 6.07) is 14.3. The molecule has 0 saturated carbocycles. The topological polar surface area (TPSA) is 44.8 Å². The molecule has 5 heteroatoms. The summed E-state index contributed by atoms with van der Waals surface area (Å²) >= 11 is 0. The number of aryl methyl sites for hydroxylation is 2. The lowest BCUT2D eigenvalue weighted by molar-refractivity contribution is -0.116. The Morgan fingerprint density at radius 3 is 2.31 bits per heavy atom. The molecule has 1 aliphatic rings. The van der Waals surface area contributed by atoms with Crippen molar-refractivity contribution in [3.05, 3.63) is 59.2 Å². The van der Waals surface area contributed by atoms with E-state index >= 15 is 0 Å². The number of anilines is 1. The summed E-state index contributed by atoms with van der Waals surface area (Å²) in [5.41, 5.74) is 4.40. The van der Waals surface area contributed by atoms with Crippen molar-refractivity contribution in [1.82, 2.24) is 9.80 Å². The second kappa shape index (κ2) is 10.4. The van der Waals surface area contributed by atoms with Crippen LogP contribution in [0.2, 0.25) is 0 Å². The van der Waals surface area contributed by atoms with Gasteiger partial charge in [-0.2, -0.15) is 0 Å². The molecule has 0 bridgehead atoms. The Hall–Kier alpha value is -2.37. The third-order valence-electron chi connectivity index (χ3n) is 5.44. The molecule has 3 rings (SSSR count). The first-order valence-electron chi connectivity index (χ1n) is 10.5. The fourth-order valence-electron chi connectivity index (χ4n) is 3.61. The van der Waals surface area contributed by atoms with E-state index in [0.717, 1.165) is 55.3 Å². The maximum Gasteiger partial charge on any atom is 0.224 e. The number of hydrogen-bond acceptors (Lipinski definition) is 4. The Labute approximate surface area is 174 Å². The van der Waals surface area contributed by atoms with Gasteiger partial charge in [-0.1, -0.05) is 30.3 Å². The van der Waals surface area contributed by atoms with Crippen LogP contribution in [0.25, 0.3) is 0 Å². The van der Waals surface area contributed by atoms with E-state index in [2.05, 4.69) is 34.3 Å². The maximum atomic E-state index is 12.2. The summed E-state index contributed by atoms with van der Waals surface area (Å²) in [6.45, 7) is 10.1. The predicted octanol–water partition coefficient (Wildman–Crippen LogP) is 3.85. The molecule has 156 valence electrons. The number of carbonyl (C=O) groups excluding carboxylic acids is 1. The van der Waals surface area contributed by atoms with Crippen LogP contribution in [-0.2, 0) is 11.3 Å². The number of nitrogens with one attached hydrogen (secondary N) is 1. The van der Waals surface area contributed by atoms with Gasteiger partial charge in [0.15, 0.2) is 0 Å². The van der Waals surface area contributed by atoms with Gasteiger partial charge < -0.3 is 15.0 Å². The molecule has 0 spiro atoms. The number of piperazine rings is 1. The van der Waals surface area contributed by atoms with Crippen LogP contribution in [0.15, 0.2) is 42.5 Å². The smallest absolute Gasteiger partial charge is 0.224 e. The standard InChI is InChI=1S/C24H33N3O2/c1-19-6-4-7-20(2)24(19)29-17-5-8-23(28)25-22-11-9-21(10-12-22)18-27-15-13-26(3)14-16-27/h4,6-7,9-12H,5,8,13-18H2,1-3H3,(H,25,28). The van der Waals surface area contributed by atoms with Gasteiger partial charge in [-0.25, -0.2) is 0 Å². The van der Waals surface area contributed by atoms with Gasteiger partial charge in [-0.3, -0.25) is 9.69 Å². The van der Waals surface area contributed by atoms with E-state index in [-0.39, 0.29) is 5.91 Å². The minimum Gasteiger partial charge on any atom is -0.493 e. The quantitative estimate of drug-likeness (QED) is 0.690. The van der Waals surface area contributed by atoms with Crippen LogP contribution in [0, 0.1) is 13.8 Å². The van der Waals surface area contributed by atoms with Crippen LogP contribution < -0.4 is 10.1 Å². The number of nitrogens with zero attached hydrogens (tertiary/aromatic N) is 2. The second-order valence-electron chi connectivity index (χ2n) is 8.00. The molecule has 1 aliphatic heterocycles. The van der Waals surface area contributed by atoms with Crippen molar-refractivity contribution in [2.75, 3.05) is 45.2 Å². The molecule has 29 heavy (non-hydrogen) atoms. The van der Waals surface area contributed by atoms with Crippen LogP contribution in [-0.4, -0.2) is 55.5 Å². The minimum atomic E-state index is 0.0296. The molecular formula is C24H33N3O2. The number of rotatable bonds is 8. The highest BCUT2D eigenvalue weighted by Gasteiger charge is 2.13. The molecule has 5 nitrogen and oxygen atoms in total. The van der Waals surface area contributed by atoms with Gasteiger partial charge >= 0.3 is 0 Å². The van der Waals surface area contributed by atoms with Gasteiger partial charge in [-0.15, -0.1) is 0 Å². The third-order valence-corrected chi connectivity index (χ3v) is 5.44. The first-order chi connectivity index (χ1) is 14.0. The Kier molecular flexibility index (Phi) is 7.67. The Morgan fingerprint density at radius 2 is 1.66 bits per heavy atom. The summed E-state index contributed by atoms with van der Waals surface area (Å²) in [5, 5.41) is 2.99. The van der Waals surface area contributed by atoms with Crippen LogP contribution in [0.4, 0.5) is 5.69 Å². The lowest BCUT2D eigenvalue weighted by Crippen LogP contribution is -2.43. The number of benzene rings is 2. The van der Waals surface area contributed by atoms with Gasteiger partial charge in [-0.05, 0) is 56.1 Å². The molecule has 0 aromatic heterocycles. The van der Waals surface area contributed by atoms with E-state index in [9.17, 15) is 4.79 Å². The fraction of sp³-hybridized carbons (Fsp3) is 0.458. The molecule has 2 aromatic carbocycles. The van der Waals surface area contributed by atoms with E-state index in [1.54, 1.807) is 0 Å². The summed E-state index contributed by atoms with van der Waals surface area (Å²) in [6.07, 6.45) is 1.15.